The molecule has 106 valence electrons. The minimum Gasteiger partial charge on any atom is -0.360 e. The molecule has 0 saturated carbocycles. The first-order valence-corrected chi connectivity index (χ1v) is 7.67. The van der Waals surface area contributed by atoms with Gasteiger partial charge in [0.1, 0.15) is 5.82 Å². The number of likely N-dealkylation sites (tertiary alicyclic amines) is 1. The van der Waals surface area contributed by atoms with Crippen LogP contribution in [-0.4, -0.2) is 36.6 Å². The molecule has 0 N–H and O–H groups in total. The van der Waals surface area contributed by atoms with E-state index in [1.54, 1.807) is 0 Å². The molecule has 19 heavy (non-hydrogen) atoms. The molecule has 1 atom stereocenters. The zero-order valence-electron chi connectivity index (χ0n) is 12.6. The van der Waals surface area contributed by atoms with E-state index >= 15 is 0 Å². The number of anilines is 1. The third-order valence-electron chi connectivity index (χ3n) is 4.15. The van der Waals surface area contributed by atoms with Gasteiger partial charge in [0, 0.05) is 25.8 Å². The fourth-order valence-corrected chi connectivity index (χ4v) is 2.91. The van der Waals surface area contributed by atoms with Crippen LogP contribution in [0.5, 0.6) is 0 Å². The summed E-state index contributed by atoms with van der Waals surface area (Å²) in [5, 5.41) is 0. The van der Waals surface area contributed by atoms with Crippen molar-refractivity contribution in [3.8, 4) is 0 Å². The Hall–Kier alpha value is -1.09. The Kier molecular flexibility index (Phi) is 5.20. The van der Waals surface area contributed by atoms with Gasteiger partial charge in [-0.2, -0.15) is 0 Å². The molecule has 0 aliphatic carbocycles. The predicted octanol–water partition coefficient (Wildman–Crippen LogP) is 3.47. The van der Waals surface area contributed by atoms with Crippen molar-refractivity contribution in [1.82, 2.24) is 9.88 Å². The lowest BCUT2D eigenvalue weighted by Gasteiger charge is -2.35. The van der Waals surface area contributed by atoms with Crippen molar-refractivity contribution in [2.24, 2.45) is 0 Å². The van der Waals surface area contributed by atoms with Crippen LogP contribution in [-0.2, 0) is 0 Å². The normalized spacial score (nSPS) is 20.5. The second kappa shape index (κ2) is 6.90. The number of hydrogen-bond acceptors (Lipinski definition) is 3. The van der Waals surface area contributed by atoms with Crippen molar-refractivity contribution < 1.29 is 0 Å². The summed E-state index contributed by atoms with van der Waals surface area (Å²) < 4.78 is 0. The first-order chi connectivity index (χ1) is 9.26. The number of pyridine rings is 1. The molecule has 2 heterocycles. The number of hydrogen-bond donors (Lipinski definition) is 0. The standard InChI is InChI=1S/C16H27N3/c1-4-11-19-12-7-6-8-15(19)14-9-10-16(17-13-14)18(3)5-2/h9-10,13,15H,4-8,11-12H2,1-3H3. The van der Waals surface area contributed by atoms with Crippen LogP contribution in [0.15, 0.2) is 18.3 Å². The minimum absolute atomic E-state index is 0.585. The van der Waals surface area contributed by atoms with Gasteiger partial charge < -0.3 is 4.90 Å². The van der Waals surface area contributed by atoms with Crippen molar-refractivity contribution in [3.05, 3.63) is 23.9 Å². The van der Waals surface area contributed by atoms with Crippen molar-refractivity contribution in [2.45, 2.75) is 45.6 Å². The van der Waals surface area contributed by atoms with Crippen LogP contribution in [0.25, 0.3) is 0 Å². The van der Waals surface area contributed by atoms with Gasteiger partial charge in [-0.3, -0.25) is 4.90 Å². The number of nitrogens with zero attached hydrogens (tertiary/aromatic N) is 3. The van der Waals surface area contributed by atoms with Gasteiger partial charge in [0.2, 0.25) is 0 Å². The van der Waals surface area contributed by atoms with Gasteiger partial charge in [-0.15, -0.1) is 0 Å². The fraction of sp³-hybridized carbons (Fsp3) is 0.688. The molecule has 0 radical (unpaired) electrons. The van der Waals surface area contributed by atoms with Gasteiger partial charge in [-0.1, -0.05) is 19.4 Å². The van der Waals surface area contributed by atoms with Crippen LogP contribution >= 0.6 is 0 Å². The summed E-state index contributed by atoms with van der Waals surface area (Å²) in [4.78, 5) is 9.42. The molecular formula is C16H27N3. The van der Waals surface area contributed by atoms with E-state index in [0.717, 1.165) is 12.4 Å². The first-order valence-electron chi connectivity index (χ1n) is 7.67. The Morgan fingerprint density at radius 2 is 2.16 bits per heavy atom. The molecular weight excluding hydrogens is 234 g/mol. The third-order valence-corrected chi connectivity index (χ3v) is 4.15. The van der Waals surface area contributed by atoms with Gasteiger partial charge in [0.25, 0.3) is 0 Å². The molecule has 0 bridgehead atoms. The second-order valence-electron chi connectivity index (χ2n) is 5.51. The summed E-state index contributed by atoms with van der Waals surface area (Å²) in [5.74, 6) is 1.07. The summed E-state index contributed by atoms with van der Waals surface area (Å²) in [7, 11) is 2.09. The van der Waals surface area contributed by atoms with Crippen molar-refractivity contribution >= 4 is 5.82 Å². The van der Waals surface area contributed by atoms with E-state index in [1.807, 2.05) is 0 Å². The Morgan fingerprint density at radius 3 is 2.79 bits per heavy atom. The predicted molar refractivity (Wildman–Crippen MR) is 81.6 cm³/mol. The maximum absolute atomic E-state index is 4.62. The third kappa shape index (κ3) is 3.47. The van der Waals surface area contributed by atoms with Crippen LogP contribution in [0.3, 0.4) is 0 Å². The van der Waals surface area contributed by atoms with Crippen molar-refractivity contribution in [1.29, 1.82) is 0 Å². The van der Waals surface area contributed by atoms with Crippen LogP contribution in [0.1, 0.15) is 51.1 Å². The highest BCUT2D eigenvalue weighted by Crippen LogP contribution is 2.31. The highest BCUT2D eigenvalue weighted by molar-refractivity contribution is 5.38. The Morgan fingerprint density at radius 1 is 1.32 bits per heavy atom. The number of aromatic nitrogens is 1. The maximum atomic E-state index is 4.62. The minimum atomic E-state index is 0.585. The van der Waals surface area contributed by atoms with Gasteiger partial charge >= 0.3 is 0 Å². The lowest BCUT2D eigenvalue weighted by Crippen LogP contribution is -2.34. The van der Waals surface area contributed by atoms with E-state index in [0.29, 0.717) is 6.04 Å². The van der Waals surface area contributed by atoms with E-state index in [2.05, 4.69) is 54.0 Å². The van der Waals surface area contributed by atoms with Crippen molar-refractivity contribution in [3.63, 3.8) is 0 Å². The van der Waals surface area contributed by atoms with Crippen LogP contribution in [0.4, 0.5) is 5.82 Å². The molecule has 1 fully saturated rings. The molecule has 1 aromatic rings. The molecule has 1 unspecified atom stereocenters. The molecule has 0 spiro atoms. The molecule has 3 nitrogen and oxygen atoms in total. The van der Waals surface area contributed by atoms with E-state index in [4.69, 9.17) is 0 Å². The molecule has 0 aromatic carbocycles. The van der Waals surface area contributed by atoms with E-state index in [-0.39, 0.29) is 0 Å². The molecule has 1 aliphatic rings. The topological polar surface area (TPSA) is 19.4 Å². The average molecular weight is 261 g/mol. The highest BCUT2D eigenvalue weighted by Gasteiger charge is 2.23. The lowest BCUT2D eigenvalue weighted by molar-refractivity contribution is 0.149. The molecule has 1 saturated heterocycles. The van der Waals surface area contributed by atoms with E-state index in [9.17, 15) is 0 Å². The zero-order chi connectivity index (χ0) is 13.7. The van der Waals surface area contributed by atoms with Gasteiger partial charge in [0.15, 0.2) is 0 Å². The first kappa shape index (κ1) is 14.3. The Balaban J connectivity index is 2.11. The monoisotopic (exact) mass is 261 g/mol. The quantitative estimate of drug-likeness (QED) is 0.809. The van der Waals surface area contributed by atoms with Gasteiger partial charge in [-0.25, -0.2) is 4.98 Å². The fourth-order valence-electron chi connectivity index (χ4n) is 2.91. The molecule has 1 aliphatic heterocycles. The number of rotatable bonds is 5. The summed E-state index contributed by atoms with van der Waals surface area (Å²) in [6, 6.07) is 5.02. The summed E-state index contributed by atoms with van der Waals surface area (Å²) in [6.07, 6.45) is 7.30. The van der Waals surface area contributed by atoms with Crippen LogP contribution in [0.2, 0.25) is 0 Å². The van der Waals surface area contributed by atoms with E-state index < -0.39 is 0 Å². The summed E-state index contributed by atoms with van der Waals surface area (Å²) >= 11 is 0. The van der Waals surface area contributed by atoms with Gasteiger partial charge in [0.05, 0.1) is 0 Å². The smallest absolute Gasteiger partial charge is 0.128 e. The van der Waals surface area contributed by atoms with E-state index in [1.165, 1.54) is 44.3 Å². The molecule has 1 aromatic heterocycles. The highest BCUT2D eigenvalue weighted by atomic mass is 15.2. The van der Waals surface area contributed by atoms with Crippen LogP contribution in [0, 0.1) is 0 Å². The average Bonchev–Trinajstić information content (AvgIpc) is 2.47. The SMILES string of the molecule is CCCN1CCCCC1c1ccc(N(C)CC)nc1. The Bertz CT molecular complexity index is 372. The summed E-state index contributed by atoms with van der Waals surface area (Å²) in [5.41, 5.74) is 1.39. The second-order valence-corrected chi connectivity index (χ2v) is 5.51. The van der Waals surface area contributed by atoms with Crippen LogP contribution < -0.4 is 4.90 Å². The molecule has 0 amide bonds. The number of piperidine rings is 1. The maximum Gasteiger partial charge on any atom is 0.128 e. The lowest BCUT2D eigenvalue weighted by atomic mass is 9.96. The van der Waals surface area contributed by atoms with Crippen molar-refractivity contribution in [2.75, 3.05) is 31.6 Å². The molecule has 2 rings (SSSR count). The Labute approximate surface area is 117 Å². The zero-order valence-corrected chi connectivity index (χ0v) is 12.6. The van der Waals surface area contributed by atoms with Gasteiger partial charge in [-0.05, 0) is 50.9 Å². The largest absolute Gasteiger partial charge is 0.360 e. The molecule has 3 heteroatoms. The summed E-state index contributed by atoms with van der Waals surface area (Å²) in [6.45, 7) is 7.87.